The van der Waals surface area contributed by atoms with Crippen molar-refractivity contribution in [3.63, 3.8) is 0 Å². The predicted octanol–water partition coefficient (Wildman–Crippen LogP) is 2.74. The first-order valence-electron chi connectivity index (χ1n) is 6.39. The average molecular weight is 273 g/mol. The molecule has 0 aromatic heterocycles. The zero-order valence-corrected chi connectivity index (χ0v) is 11.8. The lowest BCUT2D eigenvalue weighted by Gasteiger charge is -2.12. The van der Waals surface area contributed by atoms with Gasteiger partial charge in [0.2, 0.25) is 0 Å². The smallest absolute Gasteiger partial charge is 0.125 e. The van der Waals surface area contributed by atoms with Crippen LogP contribution in [0.15, 0.2) is 42.5 Å². The summed E-state index contributed by atoms with van der Waals surface area (Å²) in [6, 6.07) is 13.4. The lowest BCUT2D eigenvalue weighted by Crippen LogP contribution is -2.00. The molecule has 4 heteroatoms. The lowest BCUT2D eigenvalue weighted by atomic mass is 10.2. The second-order valence-corrected chi connectivity index (χ2v) is 4.31. The fourth-order valence-corrected chi connectivity index (χ4v) is 1.88. The molecule has 2 aromatic rings. The van der Waals surface area contributed by atoms with Gasteiger partial charge < -0.3 is 19.9 Å². The summed E-state index contributed by atoms with van der Waals surface area (Å²) in [5, 5.41) is 0. The van der Waals surface area contributed by atoms with Gasteiger partial charge in [0.25, 0.3) is 0 Å². The molecule has 0 aliphatic heterocycles. The number of nitrogens with two attached hydrogens (primary N) is 1. The fraction of sp³-hybridized carbons (Fsp3) is 0.250. The third kappa shape index (κ3) is 3.42. The van der Waals surface area contributed by atoms with Crippen molar-refractivity contribution in [3.05, 3.63) is 53.6 Å². The molecule has 0 saturated heterocycles. The van der Waals surface area contributed by atoms with Gasteiger partial charge >= 0.3 is 0 Å². The minimum absolute atomic E-state index is 0.419. The van der Waals surface area contributed by atoms with Crippen molar-refractivity contribution in [2.75, 3.05) is 14.2 Å². The van der Waals surface area contributed by atoms with E-state index in [0.29, 0.717) is 13.2 Å². The third-order valence-corrected chi connectivity index (χ3v) is 3.04. The average Bonchev–Trinajstić information content (AvgIpc) is 2.53. The van der Waals surface area contributed by atoms with Gasteiger partial charge in [-0.05, 0) is 35.9 Å². The van der Waals surface area contributed by atoms with Crippen LogP contribution in [0.2, 0.25) is 0 Å². The van der Waals surface area contributed by atoms with Crippen LogP contribution in [-0.2, 0) is 13.2 Å². The first kappa shape index (κ1) is 14.2. The van der Waals surface area contributed by atoms with Gasteiger partial charge in [-0.2, -0.15) is 0 Å². The van der Waals surface area contributed by atoms with Crippen molar-refractivity contribution in [3.8, 4) is 17.2 Å². The predicted molar refractivity (Wildman–Crippen MR) is 78.2 cm³/mol. The quantitative estimate of drug-likeness (QED) is 0.879. The molecule has 2 aromatic carbocycles. The maximum atomic E-state index is 5.76. The molecule has 20 heavy (non-hydrogen) atoms. The van der Waals surface area contributed by atoms with Crippen LogP contribution < -0.4 is 19.9 Å². The molecule has 0 amide bonds. The Morgan fingerprint density at radius 2 is 1.60 bits per heavy atom. The van der Waals surface area contributed by atoms with E-state index in [1.54, 1.807) is 14.2 Å². The standard InChI is InChI=1S/C16H19NO3/c1-18-15-7-8-16(19-2)13(9-15)11-20-14-5-3-12(10-17)4-6-14/h3-9H,10-11,17H2,1-2H3. The van der Waals surface area contributed by atoms with Crippen molar-refractivity contribution in [1.29, 1.82) is 0 Å². The van der Waals surface area contributed by atoms with Gasteiger partial charge in [0.05, 0.1) is 14.2 Å². The van der Waals surface area contributed by atoms with Crippen molar-refractivity contribution in [1.82, 2.24) is 0 Å². The summed E-state index contributed by atoms with van der Waals surface area (Å²) in [7, 11) is 3.28. The maximum absolute atomic E-state index is 5.76. The highest BCUT2D eigenvalue weighted by Gasteiger charge is 2.06. The third-order valence-electron chi connectivity index (χ3n) is 3.04. The maximum Gasteiger partial charge on any atom is 0.125 e. The van der Waals surface area contributed by atoms with E-state index in [1.165, 1.54) is 0 Å². The number of hydrogen-bond acceptors (Lipinski definition) is 4. The van der Waals surface area contributed by atoms with E-state index >= 15 is 0 Å². The molecule has 2 rings (SSSR count). The number of benzene rings is 2. The highest BCUT2D eigenvalue weighted by atomic mass is 16.5. The monoisotopic (exact) mass is 273 g/mol. The Labute approximate surface area is 119 Å². The minimum atomic E-state index is 0.419. The van der Waals surface area contributed by atoms with Gasteiger partial charge in [-0.3, -0.25) is 0 Å². The first-order chi connectivity index (χ1) is 9.76. The molecular weight excluding hydrogens is 254 g/mol. The Kier molecular flexibility index (Phi) is 4.85. The molecule has 0 atom stereocenters. The Morgan fingerprint density at radius 1 is 0.900 bits per heavy atom. The van der Waals surface area contributed by atoms with E-state index in [1.807, 2.05) is 42.5 Å². The zero-order valence-electron chi connectivity index (χ0n) is 11.8. The van der Waals surface area contributed by atoms with E-state index in [2.05, 4.69) is 0 Å². The van der Waals surface area contributed by atoms with Gasteiger partial charge in [0.15, 0.2) is 0 Å². The molecular formula is C16H19NO3. The summed E-state index contributed by atoms with van der Waals surface area (Å²) in [5.41, 5.74) is 7.58. The van der Waals surface area contributed by atoms with Crippen LogP contribution >= 0.6 is 0 Å². The van der Waals surface area contributed by atoms with E-state index in [9.17, 15) is 0 Å². The first-order valence-corrected chi connectivity index (χ1v) is 6.39. The summed E-state index contributed by atoms with van der Waals surface area (Å²) < 4.78 is 16.3. The molecule has 0 heterocycles. The Balaban J connectivity index is 2.08. The SMILES string of the molecule is COc1ccc(OC)c(COc2ccc(CN)cc2)c1. The highest BCUT2D eigenvalue weighted by Crippen LogP contribution is 2.25. The minimum Gasteiger partial charge on any atom is -0.497 e. The molecule has 0 aliphatic carbocycles. The van der Waals surface area contributed by atoms with E-state index in [4.69, 9.17) is 19.9 Å². The second-order valence-electron chi connectivity index (χ2n) is 4.31. The summed E-state index contributed by atoms with van der Waals surface area (Å²) >= 11 is 0. The second kappa shape index (κ2) is 6.82. The molecule has 2 N–H and O–H groups in total. The van der Waals surface area contributed by atoms with Crippen LogP contribution in [0.5, 0.6) is 17.2 Å². The Hall–Kier alpha value is -2.20. The number of ether oxygens (including phenoxy) is 3. The van der Waals surface area contributed by atoms with Gasteiger partial charge in [-0.1, -0.05) is 12.1 Å². The topological polar surface area (TPSA) is 53.7 Å². The van der Waals surface area contributed by atoms with Crippen LogP contribution in [0.3, 0.4) is 0 Å². The Bertz CT molecular complexity index is 552. The number of methoxy groups -OCH3 is 2. The number of rotatable bonds is 6. The van der Waals surface area contributed by atoms with Crippen LogP contribution in [0.1, 0.15) is 11.1 Å². The van der Waals surface area contributed by atoms with Gasteiger partial charge in [0.1, 0.15) is 23.9 Å². The normalized spacial score (nSPS) is 10.2. The summed E-state index contributed by atoms with van der Waals surface area (Å²) in [4.78, 5) is 0. The van der Waals surface area contributed by atoms with E-state index < -0.39 is 0 Å². The summed E-state index contributed by atoms with van der Waals surface area (Å²) in [6.45, 7) is 0.951. The summed E-state index contributed by atoms with van der Waals surface area (Å²) in [6.07, 6.45) is 0. The molecule has 0 bridgehead atoms. The fourth-order valence-electron chi connectivity index (χ4n) is 1.88. The molecule has 0 unspecified atom stereocenters. The molecule has 0 aliphatic rings. The van der Waals surface area contributed by atoms with Gasteiger partial charge in [0, 0.05) is 12.1 Å². The van der Waals surface area contributed by atoms with Crippen LogP contribution in [0.25, 0.3) is 0 Å². The zero-order chi connectivity index (χ0) is 14.4. The van der Waals surface area contributed by atoms with Crippen LogP contribution in [0.4, 0.5) is 0 Å². The van der Waals surface area contributed by atoms with Gasteiger partial charge in [-0.25, -0.2) is 0 Å². The molecule has 0 radical (unpaired) electrons. The molecule has 106 valence electrons. The van der Waals surface area contributed by atoms with Crippen molar-refractivity contribution in [2.45, 2.75) is 13.2 Å². The largest absolute Gasteiger partial charge is 0.497 e. The molecule has 4 nitrogen and oxygen atoms in total. The molecule has 0 saturated carbocycles. The highest BCUT2D eigenvalue weighted by molar-refractivity contribution is 5.40. The van der Waals surface area contributed by atoms with Crippen molar-refractivity contribution < 1.29 is 14.2 Å². The molecule has 0 fully saturated rings. The van der Waals surface area contributed by atoms with E-state index in [0.717, 1.165) is 28.4 Å². The lowest BCUT2D eigenvalue weighted by molar-refractivity contribution is 0.295. The number of hydrogen-bond donors (Lipinski definition) is 1. The van der Waals surface area contributed by atoms with E-state index in [-0.39, 0.29) is 0 Å². The Morgan fingerprint density at radius 3 is 2.20 bits per heavy atom. The summed E-state index contributed by atoms with van der Waals surface area (Å²) in [5.74, 6) is 2.36. The van der Waals surface area contributed by atoms with Crippen LogP contribution in [0, 0.1) is 0 Å². The van der Waals surface area contributed by atoms with Gasteiger partial charge in [-0.15, -0.1) is 0 Å². The van der Waals surface area contributed by atoms with Crippen LogP contribution in [-0.4, -0.2) is 14.2 Å². The molecule has 0 spiro atoms. The van der Waals surface area contributed by atoms with Crippen molar-refractivity contribution in [2.24, 2.45) is 5.73 Å². The van der Waals surface area contributed by atoms with Crippen molar-refractivity contribution >= 4 is 0 Å².